The number of nitrogen functional groups attached to an aromatic ring is 1. The first-order valence-electron chi connectivity index (χ1n) is 4.53. The molecule has 0 saturated carbocycles. The zero-order valence-corrected chi connectivity index (χ0v) is 9.60. The fourth-order valence-corrected chi connectivity index (χ4v) is 2.29. The molecule has 1 aromatic rings. The summed E-state index contributed by atoms with van der Waals surface area (Å²) in [6.07, 6.45) is 1.68. The van der Waals surface area contributed by atoms with Crippen LogP contribution in [0.3, 0.4) is 0 Å². The van der Waals surface area contributed by atoms with Crippen molar-refractivity contribution in [3.63, 3.8) is 0 Å². The maximum atomic E-state index is 11.4. The summed E-state index contributed by atoms with van der Waals surface area (Å²) < 4.78 is 13.3. The molecule has 0 bridgehead atoms. The largest absolute Gasteiger partial charge is 0.399 e. The Labute approximate surface area is 87.5 Å². The summed E-state index contributed by atoms with van der Waals surface area (Å²) in [5.41, 5.74) is 8.44. The Morgan fingerprint density at radius 1 is 1.50 bits per heavy atom. The maximum Gasteiger partial charge on any atom is 0.116 e. The molecule has 1 atom stereocenters. The van der Waals surface area contributed by atoms with E-state index in [2.05, 4.69) is 0 Å². The Balaban J connectivity index is 3.10. The highest BCUT2D eigenvalue weighted by Gasteiger charge is 2.10. The summed E-state index contributed by atoms with van der Waals surface area (Å²) in [6, 6.07) is 5.64. The van der Waals surface area contributed by atoms with E-state index in [1.165, 1.54) is 0 Å². The Hall–Kier alpha value is -1.03. The van der Waals surface area contributed by atoms with Crippen LogP contribution in [0.5, 0.6) is 0 Å². The molecule has 0 amide bonds. The lowest BCUT2D eigenvalue weighted by atomic mass is 10.2. The molecule has 0 aliphatic heterocycles. The van der Waals surface area contributed by atoms with E-state index in [0.29, 0.717) is 0 Å². The number of anilines is 2. The van der Waals surface area contributed by atoms with Crippen molar-refractivity contribution in [1.29, 1.82) is 0 Å². The van der Waals surface area contributed by atoms with Crippen LogP contribution >= 0.6 is 0 Å². The van der Waals surface area contributed by atoms with Gasteiger partial charge in [0.15, 0.2) is 0 Å². The van der Waals surface area contributed by atoms with E-state index < -0.39 is 11.0 Å². The minimum absolute atomic E-state index is 0.730. The van der Waals surface area contributed by atoms with Crippen molar-refractivity contribution in [3.05, 3.63) is 23.8 Å². The van der Waals surface area contributed by atoms with Crippen LogP contribution < -0.4 is 10.0 Å². The monoisotopic (exact) mass is 212 g/mol. The average molecular weight is 212 g/mol. The first-order chi connectivity index (χ1) is 6.56. The second kappa shape index (κ2) is 4.46. The molecular weight excluding hydrogens is 196 g/mol. The molecule has 78 valence electrons. The van der Waals surface area contributed by atoms with Crippen molar-refractivity contribution in [1.82, 2.24) is 0 Å². The third-order valence-corrected chi connectivity index (χ3v) is 3.16. The summed E-state index contributed by atoms with van der Waals surface area (Å²) in [7, 11) is -0.979. The van der Waals surface area contributed by atoms with Crippen molar-refractivity contribution in [3.8, 4) is 0 Å². The molecule has 0 radical (unpaired) electrons. The molecule has 0 fully saturated rings. The highest BCUT2D eigenvalue weighted by molar-refractivity contribution is 7.85. The molecular formula is C10H16N2OS. The number of benzene rings is 1. The van der Waals surface area contributed by atoms with Crippen molar-refractivity contribution < 1.29 is 4.21 Å². The van der Waals surface area contributed by atoms with E-state index in [0.717, 1.165) is 23.5 Å². The zero-order chi connectivity index (χ0) is 10.7. The van der Waals surface area contributed by atoms with E-state index in [4.69, 9.17) is 5.73 Å². The van der Waals surface area contributed by atoms with E-state index in [-0.39, 0.29) is 0 Å². The molecule has 0 spiro atoms. The lowest BCUT2D eigenvalue weighted by molar-refractivity contribution is 0.683. The van der Waals surface area contributed by atoms with Crippen LogP contribution in [-0.2, 0) is 11.0 Å². The van der Waals surface area contributed by atoms with Gasteiger partial charge in [-0.25, -0.2) is 4.21 Å². The van der Waals surface area contributed by atoms with Crippen LogP contribution in [0.1, 0.15) is 12.5 Å². The topological polar surface area (TPSA) is 46.3 Å². The van der Waals surface area contributed by atoms with Gasteiger partial charge in [0.1, 0.15) is 11.0 Å². The molecule has 1 aromatic carbocycles. The minimum Gasteiger partial charge on any atom is -0.399 e. The van der Waals surface area contributed by atoms with Gasteiger partial charge in [-0.1, -0.05) is 0 Å². The van der Waals surface area contributed by atoms with Gasteiger partial charge in [0.05, 0.1) is 5.69 Å². The number of hydrogen-bond donors (Lipinski definition) is 1. The van der Waals surface area contributed by atoms with Crippen molar-refractivity contribution in [2.75, 3.05) is 22.8 Å². The maximum absolute atomic E-state index is 11.4. The molecule has 0 aliphatic carbocycles. The van der Waals surface area contributed by atoms with Gasteiger partial charge in [0.2, 0.25) is 0 Å². The quantitative estimate of drug-likeness (QED) is 0.775. The molecule has 1 rings (SSSR count). The Morgan fingerprint density at radius 3 is 2.57 bits per heavy atom. The van der Waals surface area contributed by atoms with Gasteiger partial charge in [-0.2, -0.15) is 0 Å². The standard InChI is InChI=1S/C10H16N2OS/c1-4-12(14(3)13)10-6-5-9(11)7-8(10)2/h5-7H,4,11H2,1-3H3. The van der Waals surface area contributed by atoms with E-state index >= 15 is 0 Å². The Bertz CT molecular complexity index is 352. The van der Waals surface area contributed by atoms with Gasteiger partial charge < -0.3 is 5.73 Å². The normalized spacial score (nSPS) is 12.5. The fourth-order valence-electron chi connectivity index (χ4n) is 1.45. The van der Waals surface area contributed by atoms with Crippen LogP contribution in [0.15, 0.2) is 18.2 Å². The van der Waals surface area contributed by atoms with Gasteiger partial charge in [-0.05, 0) is 37.6 Å². The first-order valence-corrected chi connectivity index (χ1v) is 6.05. The van der Waals surface area contributed by atoms with Gasteiger partial charge in [0.25, 0.3) is 0 Å². The van der Waals surface area contributed by atoms with Crippen molar-refractivity contribution >= 4 is 22.4 Å². The second-order valence-corrected chi connectivity index (χ2v) is 4.45. The summed E-state index contributed by atoms with van der Waals surface area (Å²) in [6.45, 7) is 4.69. The average Bonchev–Trinajstić information content (AvgIpc) is 2.09. The van der Waals surface area contributed by atoms with Crippen LogP contribution in [0, 0.1) is 6.92 Å². The highest BCUT2D eigenvalue weighted by Crippen LogP contribution is 2.22. The summed E-state index contributed by atoms with van der Waals surface area (Å²) in [5, 5.41) is 0. The number of nitrogens with two attached hydrogens (primary N) is 1. The zero-order valence-electron chi connectivity index (χ0n) is 8.78. The third-order valence-electron chi connectivity index (χ3n) is 2.09. The van der Waals surface area contributed by atoms with Gasteiger partial charge in [-0.3, -0.25) is 4.31 Å². The molecule has 4 heteroatoms. The Kier molecular flexibility index (Phi) is 3.52. The SMILES string of the molecule is CCN(c1ccc(N)cc1C)S(C)=O. The summed E-state index contributed by atoms with van der Waals surface area (Å²) in [5.74, 6) is 0. The number of nitrogens with zero attached hydrogens (tertiary/aromatic N) is 1. The summed E-state index contributed by atoms with van der Waals surface area (Å²) >= 11 is 0. The van der Waals surface area contributed by atoms with Crippen molar-refractivity contribution in [2.45, 2.75) is 13.8 Å². The lowest BCUT2D eigenvalue weighted by Gasteiger charge is -2.21. The molecule has 3 nitrogen and oxygen atoms in total. The second-order valence-electron chi connectivity index (χ2n) is 3.16. The van der Waals surface area contributed by atoms with Gasteiger partial charge >= 0.3 is 0 Å². The third kappa shape index (κ3) is 2.26. The lowest BCUT2D eigenvalue weighted by Crippen LogP contribution is -2.24. The number of rotatable bonds is 3. The van der Waals surface area contributed by atoms with Gasteiger partial charge in [-0.15, -0.1) is 0 Å². The number of hydrogen-bond acceptors (Lipinski definition) is 2. The predicted molar refractivity (Wildman–Crippen MR) is 62.7 cm³/mol. The van der Waals surface area contributed by atoms with Crippen molar-refractivity contribution in [2.24, 2.45) is 0 Å². The van der Waals surface area contributed by atoms with E-state index in [1.807, 2.05) is 36.4 Å². The van der Waals surface area contributed by atoms with E-state index in [9.17, 15) is 4.21 Å². The first kappa shape index (κ1) is 11.0. The van der Waals surface area contributed by atoms with Crippen LogP contribution in [0.4, 0.5) is 11.4 Å². The molecule has 1 unspecified atom stereocenters. The molecule has 0 saturated heterocycles. The fraction of sp³-hybridized carbons (Fsp3) is 0.400. The molecule has 0 aromatic heterocycles. The van der Waals surface area contributed by atoms with Crippen LogP contribution in [0.2, 0.25) is 0 Å². The van der Waals surface area contributed by atoms with Crippen LogP contribution in [0.25, 0.3) is 0 Å². The number of aryl methyl sites for hydroxylation is 1. The Morgan fingerprint density at radius 2 is 2.14 bits per heavy atom. The van der Waals surface area contributed by atoms with E-state index in [1.54, 1.807) is 6.26 Å². The highest BCUT2D eigenvalue weighted by atomic mass is 32.2. The predicted octanol–water partition coefficient (Wildman–Crippen LogP) is 1.70. The molecule has 14 heavy (non-hydrogen) atoms. The molecule has 2 N–H and O–H groups in total. The van der Waals surface area contributed by atoms with Gasteiger partial charge in [0, 0.05) is 18.5 Å². The molecule has 0 aliphatic rings. The summed E-state index contributed by atoms with van der Waals surface area (Å²) in [4.78, 5) is 0. The minimum atomic E-state index is -0.979. The van der Waals surface area contributed by atoms with Crippen LogP contribution in [-0.4, -0.2) is 17.0 Å². The smallest absolute Gasteiger partial charge is 0.116 e. The molecule has 0 heterocycles.